The highest BCUT2D eigenvalue weighted by Crippen LogP contribution is 2.24. The molecule has 0 radical (unpaired) electrons. The Labute approximate surface area is 117 Å². The molecule has 1 saturated heterocycles. The van der Waals surface area contributed by atoms with Crippen LogP contribution >= 0.6 is 0 Å². The quantitative estimate of drug-likeness (QED) is 0.571. The molecule has 0 saturated carbocycles. The standard InChI is InChI=1S/C13H18N4O3/c1-3-20-13(19)10-7-14-16-12(10)17-15-11-5-4-9(18)6-8(11)2/h4-6,10,12,14,16,18H,3,7H2,1-2H3. The second kappa shape index (κ2) is 6.44. The van der Waals surface area contributed by atoms with Crippen molar-refractivity contribution < 1.29 is 14.6 Å². The number of nitrogens with zero attached hydrogens (tertiary/aromatic N) is 2. The van der Waals surface area contributed by atoms with Crippen LogP contribution in [0.25, 0.3) is 0 Å². The predicted molar refractivity (Wildman–Crippen MR) is 72.4 cm³/mol. The van der Waals surface area contributed by atoms with E-state index in [2.05, 4.69) is 21.1 Å². The van der Waals surface area contributed by atoms with Crippen LogP contribution in [0, 0.1) is 12.8 Å². The van der Waals surface area contributed by atoms with Crippen LogP contribution in [0.3, 0.4) is 0 Å². The molecular weight excluding hydrogens is 260 g/mol. The number of azo groups is 1. The van der Waals surface area contributed by atoms with Crippen LogP contribution in [-0.4, -0.2) is 30.4 Å². The summed E-state index contributed by atoms with van der Waals surface area (Å²) in [6.07, 6.45) is -0.456. The van der Waals surface area contributed by atoms with Crippen LogP contribution in [0.4, 0.5) is 5.69 Å². The molecule has 1 heterocycles. The zero-order chi connectivity index (χ0) is 14.5. The Morgan fingerprint density at radius 3 is 3.05 bits per heavy atom. The highest BCUT2D eigenvalue weighted by Gasteiger charge is 2.34. The summed E-state index contributed by atoms with van der Waals surface area (Å²) in [5, 5.41) is 17.6. The number of aromatic hydroxyl groups is 1. The molecule has 7 heteroatoms. The summed E-state index contributed by atoms with van der Waals surface area (Å²) in [4.78, 5) is 11.7. The summed E-state index contributed by atoms with van der Waals surface area (Å²) < 4.78 is 4.99. The van der Waals surface area contributed by atoms with Gasteiger partial charge in [0.15, 0.2) is 0 Å². The zero-order valence-corrected chi connectivity index (χ0v) is 11.5. The number of hydrogen-bond acceptors (Lipinski definition) is 7. The number of phenols is 1. The van der Waals surface area contributed by atoms with Crippen LogP contribution in [0.5, 0.6) is 5.75 Å². The first-order valence-electron chi connectivity index (χ1n) is 6.47. The number of rotatable bonds is 4. The van der Waals surface area contributed by atoms with E-state index in [9.17, 15) is 9.90 Å². The Kier molecular flexibility index (Phi) is 4.65. The average Bonchev–Trinajstić information content (AvgIpc) is 2.86. The number of carbonyl (C=O) groups excluding carboxylic acids is 1. The third-order valence-corrected chi connectivity index (χ3v) is 3.01. The number of hydrogen-bond donors (Lipinski definition) is 3. The smallest absolute Gasteiger partial charge is 0.313 e. The Bertz CT molecular complexity index is 518. The number of nitrogens with one attached hydrogen (secondary N) is 2. The molecule has 20 heavy (non-hydrogen) atoms. The molecule has 2 unspecified atom stereocenters. The van der Waals surface area contributed by atoms with Gasteiger partial charge in [0.2, 0.25) is 0 Å². The molecule has 0 spiro atoms. The second-order valence-corrected chi connectivity index (χ2v) is 4.51. The number of phenolic OH excluding ortho intramolecular Hbond substituents is 1. The molecule has 0 amide bonds. The van der Waals surface area contributed by atoms with Gasteiger partial charge in [-0.1, -0.05) is 0 Å². The van der Waals surface area contributed by atoms with Crippen molar-refractivity contribution in [3.8, 4) is 5.75 Å². The van der Waals surface area contributed by atoms with Crippen molar-refractivity contribution in [1.29, 1.82) is 0 Å². The summed E-state index contributed by atoms with van der Waals surface area (Å²) in [7, 11) is 0. The second-order valence-electron chi connectivity index (χ2n) is 4.51. The third kappa shape index (κ3) is 3.31. The number of hydrazine groups is 1. The summed E-state index contributed by atoms with van der Waals surface area (Å²) >= 11 is 0. The van der Waals surface area contributed by atoms with Gasteiger partial charge in [-0.25, -0.2) is 5.43 Å². The Hall–Kier alpha value is -1.99. The van der Waals surface area contributed by atoms with Gasteiger partial charge in [-0.3, -0.25) is 10.2 Å². The number of esters is 1. The molecule has 1 aromatic carbocycles. The first-order chi connectivity index (χ1) is 9.61. The maximum absolute atomic E-state index is 11.7. The van der Waals surface area contributed by atoms with Crippen molar-refractivity contribution >= 4 is 11.7 Å². The van der Waals surface area contributed by atoms with Crippen molar-refractivity contribution in [1.82, 2.24) is 10.9 Å². The molecule has 1 aliphatic rings. The van der Waals surface area contributed by atoms with Gasteiger partial charge in [0.1, 0.15) is 17.8 Å². The lowest BCUT2D eigenvalue weighted by atomic mass is 10.1. The van der Waals surface area contributed by atoms with Gasteiger partial charge in [0, 0.05) is 6.54 Å². The molecule has 1 aliphatic heterocycles. The number of carbonyl (C=O) groups is 1. The SMILES string of the molecule is CCOC(=O)C1CNNC1N=Nc1ccc(O)cc1C. The average molecular weight is 278 g/mol. The first-order valence-corrected chi connectivity index (χ1v) is 6.47. The fourth-order valence-electron chi connectivity index (χ4n) is 1.93. The van der Waals surface area contributed by atoms with Gasteiger partial charge in [-0.15, -0.1) is 0 Å². The number of benzene rings is 1. The molecule has 1 aromatic rings. The lowest BCUT2D eigenvalue weighted by Gasteiger charge is -2.11. The van der Waals surface area contributed by atoms with Crippen LogP contribution in [0.15, 0.2) is 28.4 Å². The van der Waals surface area contributed by atoms with Crippen LogP contribution in [0.2, 0.25) is 0 Å². The van der Waals surface area contributed by atoms with Gasteiger partial charge in [0.05, 0.1) is 12.3 Å². The Morgan fingerprint density at radius 1 is 1.55 bits per heavy atom. The summed E-state index contributed by atoms with van der Waals surface area (Å²) in [5.74, 6) is -0.501. The molecule has 0 aliphatic carbocycles. The highest BCUT2D eigenvalue weighted by atomic mass is 16.5. The van der Waals surface area contributed by atoms with Gasteiger partial charge >= 0.3 is 5.97 Å². The molecule has 3 N–H and O–H groups in total. The van der Waals surface area contributed by atoms with Crippen molar-refractivity contribution in [3.63, 3.8) is 0 Å². The van der Waals surface area contributed by atoms with E-state index in [-0.39, 0.29) is 11.7 Å². The molecular formula is C13H18N4O3. The molecule has 108 valence electrons. The van der Waals surface area contributed by atoms with Crippen molar-refractivity contribution in [2.75, 3.05) is 13.2 Å². The topological polar surface area (TPSA) is 95.3 Å². The van der Waals surface area contributed by atoms with Gasteiger partial charge in [-0.05, 0) is 37.6 Å². The fraction of sp³-hybridized carbons (Fsp3) is 0.462. The van der Waals surface area contributed by atoms with Crippen molar-refractivity contribution in [3.05, 3.63) is 23.8 Å². The molecule has 0 bridgehead atoms. The van der Waals surface area contributed by atoms with E-state index in [1.54, 1.807) is 25.1 Å². The van der Waals surface area contributed by atoms with E-state index in [1.165, 1.54) is 0 Å². The highest BCUT2D eigenvalue weighted by molar-refractivity contribution is 5.73. The Morgan fingerprint density at radius 2 is 2.35 bits per heavy atom. The van der Waals surface area contributed by atoms with E-state index in [1.807, 2.05) is 6.92 Å². The normalized spacial score (nSPS) is 22.3. The van der Waals surface area contributed by atoms with E-state index in [0.717, 1.165) is 5.56 Å². The van der Waals surface area contributed by atoms with Gasteiger partial charge in [-0.2, -0.15) is 10.2 Å². The van der Waals surface area contributed by atoms with Crippen LogP contribution in [-0.2, 0) is 9.53 Å². The summed E-state index contributed by atoms with van der Waals surface area (Å²) in [6.45, 7) is 4.40. The molecule has 1 fully saturated rings. The summed E-state index contributed by atoms with van der Waals surface area (Å²) in [6, 6.07) is 4.83. The van der Waals surface area contributed by atoms with E-state index >= 15 is 0 Å². The predicted octanol–water partition coefficient (Wildman–Crippen LogP) is 1.40. The first kappa shape index (κ1) is 14.4. The third-order valence-electron chi connectivity index (χ3n) is 3.01. The van der Waals surface area contributed by atoms with Crippen LogP contribution in [0.1, 0.15) is 12.5 Å². The fourth-order valence-corrected chi connectivity index (χ4v) is 1.93. The van der Waals surface area contributed by atoms with E-state index in [4.69, 9.17) is 4.74 Å². The van der Waals surface area contributed by atoms with E-state index in [0.29, 0.717) is 18.8 Å². The molecule has 7 nitrogen and oxygen atoms in total. The summed E-state index contributed by atoms with van der Waals surface area (Å²) in [5.41, 5.74) is 7.23. The minimum Gasteiger partial charge on any atom is -0.508 e. The van der Waals surface area contributed by atoms with Crippen molar-refractivity contribution in [2.45, 2.75) is 20.0 Å². The maximum Gasteiger partial charge on any atom is 0.313 e. The molecule has 2 rings (SSSR count). The van der Waals surface area contributed by atoms with Gasteiger partial charge in [0.25, 0.3) is 0 Å². The monoisotopic (exact) mass is 278 g/mol. The van der Waals surface area contributed by atoms with Gasteiger partial charge < -0.3 is 9.84 Å². The zero-order valence-electron chi connectivity index (χ0n) is 11.5. The number of aryl methyl sites for hydroxylation is 1. The van der Waals surface area contributed by atoms with E-state index < -0.39 is 12.1 Å². The van der Waals surface area contributed by atoms with Crippen molar-refractivity contribution in [2.24, 2.45) is 16.1 Å². The maximum atomic E-state index is 11.7. The largest absolute Gasteiger partial charge is 0.508 e. The minimum atomic E-state index is -0.456. The molecule has 2 atom stereocenters. The number of ether oxygens (including phenoxy) is 1. The Balaban J connectivity index is 2.08. The minimum absolute atomic E-state index is 0.187. The van der Waals surface area contributed by atoms with Crippen LogP contribution < -0.4 is 10.9 Å². The lowest BCUT2D eigenvalue weighted by molar-refractivity contribution is -0.147. The lowest BCUT2D eigenvalue weighted by Crippen LogP contribution is -2.32. The molecule has 0 aromatic heterocycles.